The first kappa shape index (κ1) is 9.85. The molecular formula is C8H7BrO4. The van der Waals surface area contributed by atoms with Gasteiger partial charge in [0.05, 0.1) is 11.6 Å². The fraction of sp³-hybridized carbons (Fsp3) is 0.125. The highest BCUT2D eigenvalue weighted by molar-refractivity contribution is 9.10. The van der Waals surface area contributed by atoms with Crippen LogP contribution in [0, 0.1) is 0 Å². The highest BCUT2D eigenvalue weighted by Crippen LogP contribution is 2.36. The Morgan fingerprint density at radius 2 is 2.15 bits per heavy atom. The van der Waals surface area contributed by atoms with Crippen LogP contribution in [0.25, 0.3) is 0 Å². The molecule has 0 saturated carbocycles. The van der Waals surface area contributed by atoms with E-state index in [1.807, 2.05) is 0 Å². The van der Waals surface area contributed by atoms with Crippen LogP contribution in [0.4, 0.5) is 0 Å². The molecule has 1 aromatic rings. The molecule has 1 aromatic carbocycles. The van der Waals surface area contributed by atoms with Gasteiger partial charge in [0, 0.05) is 0 Å². The number of rotatable bonds is 2. The Bertz CT molecular complexity index is 348. The van der Waals surface area contributed by atoms with E-state index in [1.54, 1.807) is 0 Å². The number of ether oxygens (including phenoxy) is 1. The van der Waals surface area contributed by atoms with Crippen LogP contribution in [0.1, 0.15) is 10.4 Å². The van der Waals surface area contributed by atoms with Gasteiger partial charge in [0.25, 0.3) is 0 Å². The summed E-state index contributed by atoms with van der Waals surface area (Å²) in [4.78, 5) is 10.6. The Kier molecular flexibility index (Phi) is 2.77. The lowest BCUT2D eigenvalue weighted by molar-refractivity contribution is 0.0693. The van der Waals surface area contributed by atoms with Crippen molar-refractivity contribution in [1.29, 1.82) is 0 Å². The van der Waals surface area contributed by atoms with Gasteiger partial charge in [-0.15, -0.1) is 0 Å². The van der Waals surface area contributed by atoms with Gasteiger partial charge in [0.1, 0.15) is 5.56 Å². The largest absolute Gasteiger partial charge is 0.504 e. The van der Waals surface area contributed by atoms with Crippen LogP contribution in [-0.4, -0.2) is 23.3 Å². The van der Waals surface area contributed by atoms with Gasteiger partial charge in [-0.25, -0.2) is 4.79 Å². The van der Waals surface area contributed by atoms with Crippen LogP contribution in [0.3, 0.4) is 0 Å². The van der Waals surface area contributed by atoms with Crippen LogP contribution in [0.2, 0.25) is 0 Å². The smallest absolute Gasteiger partial charge is 0.339 e. The van der Waals surface area contributed by atoms with Crippen molar-refractivity contribution in [2.45, 2.75) is 0 Å². The van der Waals surface area contributed by atoms with E-state index >= 15 is 0 Å². The van der Waals surface area contributed by atoms with Crippen LogP contribution in [0.15, 0.2) is 16.6 Å². The van der Waals surface area contributed by atoms with E-state index < -0.39 is 5.97 Å². The molecule has 0 saturated heterocycles. The van der Waals surface area contributed by atoms with E-state index in [4.69, 9.17) is 9.84 Å². The van der Waals surface area contributed by atoms with Gasteiger partial charge in [0.2, 0.25) is 0 Å². The van der Waals surface area contributed by atoms with Crippen molar-refractivity contribution in [2.75, 3.05) is 7.11 Å². The quantitative estimate of drug-likeness (QED) is 0.836. The molecule has 0 radical (unpaired) electrons. The van der Waals surface area contributed by atoms with Crippen molar-refractivity contribution in [3.63, 3.8) is 0 Å². The number of carbonyl (C=O) groups is 1. The predicted molar refractivity (Wildman–Crippen MR) is 49.3 cm³/mol. The lowest BCUT2D eigenvalue weighted by Gasteiger charge is -2.07. The Morgan fingerprint density at radius 1 is 1.54 bits per heavy atom. The standard InChI is InChI=1S/C8H7BrO4/c1-13-7-5(9)3-2-4(6(7)10)8(11)12/h2-3,10H,1H3,(H,11,12). The van der Waals surface area contributed by atoms with Crippen molar-refractivity contribution in [3.05, 3.63) is 22.2 Å². The predicted octanol–water partition coefficient (Wildman–Crippen LogP) is 1.86. The summed E-state index contributed by atoms with van der Waals surface area (Å²) >= 11 is 3.11. The van der Waals surface area contributed by atoms with Crippen molar-refractivity contribution >= 4 is 21.9 Å². The number of benzene rings is 1. The number of aromatic hydroxyl groups is 1. The number of hydrogen-bond acceptors (Lipinski definition) is 3. The summed E-state index contributed by atoms with van der Waals surface area (Å²) < 4.78 is 5.32. The monoisotopic (exact) mass is 246 g/mol. The number of aromatic carboxylic acids is 1. The van der Waals surface area contributed by atoms with Gasteiger partial charge < -0.3 is 14.9 Å². The Morgan fingerprint density at radius 3 is 2.62 bits per heavy atom. The zero-order valence-electron chi connectivity index (χ0n) is 6.74. The fourth-order valence-electron chi connectivity index (χ4n) is 0.913. The fourth-order valence-corrected chi connectivity index (χ4v) is 1.40. The third-order valence-corrected chi connectivity index (χ3v) is 2.14. The molecule has 2 N–H and O–H groups in total. The first-order valence-corrected chi connectivity index (χ1v) is 4.16. The normalized spacial score (nSPS) is 9.69. The lowest BCUT2D eigenvalue weighted by Crippen LogP contribution is -1.98. The van der Waals surface area contributed by atoms with Crippen LogP contribution in [-0.2, 0) is 0 Å². The molecule has 0 aliphatic heterocycles. The molecule has 1 rings (SSSR count). The van der Waals surface area contributed by atoms with Gasteiger partial charge in [-0.2, -0.15) is 0 Å². The van der Waals surface area contributed by atoms with Crippen molar-refractivity contribution in [1.82, 2.24) is 0 Å². The molecule has 5 heteroatoms. The van der Waals surface area contributed by atoms with Gasteiger partial charge in [-0.05, 0) is 28.1 Å². The van der Waals surface area contributed by atoms with E-state index in [9.17, 15) is 9.90 Å². The number of halogens is 1. The second kappa shape index (κ2) is 3.66. The average molecular weight is 247 g/mol. The first-order valence-electron chi connectivity index (χ1n) is 3.36. The molecule has 0 heterocycles. The maximum atomic E-state index is 10.6. The topological polar surface area (TPSA) is 66.8 Å². The summed E-state index contributed by atoms with van der Waals surface area (Å²) in [6, 6.07) is 2.80. The molecule has 0 bridgehead atoms. The van der Waals surface area contributed by atoms with Gasteiger partial charge in [-0.1, -0.05) is 0 Å². The van der Waals surface area contributed by atoms with Gasteiger partial charge in [-0.3, -0.25) is 0 Å². The maximum absolute atomic E-state index is 10.6. The summed E-state index contributed by atoms with van der Waals surface area (Å²) in [5.41, 5.74) is -0.181. The number of phenols is 1. The van der Waals surface area contributed by atoms with E-state index in [1.165, 1.54) is 19.2 Å². The van der Waals surface area contributed by atoms with Crippen LogP contribution in [0.5, 0.6) is 11.5 Å². The highest BCUT2D eigenvalue weighted by Gasteiger charge is 2.16. The Hall–Kier alpha value is -1.23. The summed E-state index contributed by atoms with van der Waals surface area (Å²) in [7, 11) is 1.35. The number of hydrogen-bond donors (Lipinski definition) is 2. The van der Waals surface area contributed by atoms with Crippen molar-refractivity contribution in [3.8, 4) is 11.5 Å². The number of carboxylic acid groups (broad SMARTS) is 1. The maximum Gasteiger partial charge on any atom is 0.339 e. The first-order chi connectivity index (χ1) is 6.07. The van der Waals surface area contributed by atoms with E-state index in [0.717, 1.165) is 0 Å². The van der Waals surface area contributed by atoms with Crippen molar-refractivity contribution in [2.24, 2.45) is 0 Å². The summed E-state index contributed by atoms with van der Waals surface area (Å²) in [5, 5.41) is 18.0. The van der Waals surface area contributed by atoms with E-state index in [2.05, 4.69) is 15.9 Å². The Labute approximate surface area is 82.9 Å². The Balaban J connectivity index is 3.35. The molecule has 0 atom stereocenters. The zero-order valence-corrected chi connectivity index (χ0v) is 8.33. The molecule has 0 fully saturated rings. The minimum absolute atomic E-state index is 0.125. The number of carboxylic acids is 1. The van der Waals surface area contributed by atoms with Gasteiger partial charge in [0.15, 0.2) is 11.5 Å². The second-order valence-corrected chi connectivity index (χ2v) is 3.14. The zero-order chi connectivity index (χ0) is 10.0. The molecule has 13 heavy (non-hydrogen) atoms. The second-order valence-electron chi connectivity index (χ2n) is 2.28. The summed E-state index contributed by atoms with van der Waals surface area (Å²) in [5.74, 6) is -1.44. The molecule has 4 nitrogen and oxygen atoms in total. The highest BCUT2D eigenvalue weighted by atomic mass is 79.9. The third-order valence-electron chi connectivity index (χ3n) is 1.52. The molecule has 70 valence electrons. The van der Waals surface area contributed by atoms with Crippen molar-refractivity contribution < 1.29 is 19.7 Å². The minimum atomic E-state index is -1.19. The third kappa shape index (κ3) is 1.75. The van der Waals surface area contributed by atoms with Crippen LogP contribution >= 0.6 is 15.9 Å². The lowest BCUT2D eigenvalue weighted by atomic mass is 10.2. The molecule has 0 spiro atoms. The number of methoxy groups -OCH3 is 1. The molecular weight excluding hydrogens is 240 g/mol. The van der Waals surface area contributed by atoms with E-state index in [-0.39, 0.29) is 17.1 Å². The minimum Gasteiger partial charge on any atom is -0.504 e. The molecule has 0 aromatic heterocycles. The molecule has 0 amide bonds. The molecule has 0 aliphatic carbocycles. The molecule has 0 aliphatic rings. The van der Waals surface area contributed by atoms with Gasteiger partial charge >= 0.3 is 5.97 Å². The SMILES string of the molecule is COc1c(Br)ccc(C(=O)O)c1O. The van der Waals surface area contributed by atoms with Crippen LogP contribution < -0.4 is 4.74 Å². The molecule has 0 unspecified atom stereocenters. The summed E-state index contributed by atoms with van der Waals surface area (Å²) in [6.45, 7) is 0. The van der Waals surface area contributed by atoms with E-state index in [0.29, 0.717) is 4.47 Å². The average Bonchev–Trinajstić information content (AvgIpc) is 2.04. The summed E-state index contributed by atoms with van der Waals surface area (Å²) in [6.07, 6.45) is 0.